The highest BCUT2D eigenvalue weighted by Gasteiger charge is 2.33. The van der Waals surface area contributed by atoms with E-state index in [9.17, 15) is 13.2 Å². The van der Waals surface area contributed by atoms with Gasteiger partial charge in [0.05, 0.1) is 14.2 Å². The molecule has 0 N–H and O–H groups in total. The predicted molar refractivity (Wildman–Crippen MR) is 96.3 cm³/mol. The van der Waals surface area contributed by atoms with E-state index in [-0.39, 0.29) is 0 Å². The molecule has 0 spiro atoms. The van der Waals surface area contributed by atoms with Crippen LogP contribution in [-0.2, 0) is 12.7 Å². The summed E-state index contributed by atoms with van der Waals surface area (Å²) in [7, 11) is 3.25. The molecule has 1 aromatic heterocycles. The Kier molecular flexibility index (Phi) is 5.74. The molecule has 2 aromatic rings. The highest BCUT2D eigenvalue weighted by atomic mass is 19.4. The van der Waals surface area contributed by atoms with Gasteiger partial charge in [-0.3, -0.25) is 9.88 Å². The van der Waals surface area contributed by atoms with E-state index in [2.05, 4.69) is 9.88 Å². The van der Waals surface area contributed by atoms with Crippen LogP contribution in [0.3, 0.4) is 0 Å². The first-order valence-corrected chi connectivity index (χ1v) is 8.62. The molecule has 2 heterocycles. The van der Waals surface area contributed by atoms with Crippen LogP contribution in [0.4, 0.5) is 18.9 Å². The highest BCUT2D eigenvalue weighted by molar-refractivity contribution is 5.47. The number of hydrogen-bond donors (Lipinski definition) is 0. The number of piperazine rings is 1. The van der Waals surface area contributed by atoms with Crippen molar-refractivity contribution in [3.63, 3.8) is 0 Å². The lowest BCUT2D eigenvalue weighted by Gasteiger charge is -2.36. The third-order valence-electron chi connectivity index (χ3n) is 4.65. The van der Waals surface area contributed by atoms with E-state index in [1.165, 1.54) is 6.20 Å². The molecular weight excluding hydrogens is 359 g/mol. The molecule has 0 radical (unpaired) electrons. The van der Waals surface area contributed by atoms with Gasteiger partial charge < -0.3 is 14.4 Å². The number of anilines is 1. The molecule has 1 aliphatic rings. The Morgan fingerprint density at radius 1 is 1.00 bits per heavy atom. The summed E-state index contributed by atoms with van der Waals surface area (Å²) in [5.41, 5.74) is 0.716. The van der Waals surface area contributed by atoms with Gasteiger partial charge in [0.25, 0.3) is 0 Å². The van der Waals surface area contributed by atoms with Crippen molar-refractivity contribution in [3.05, 3.63) is 47.8 Å². The maximum Gasteiger partial charge on any atom is 0.433 e. The van der Waals surface area contributed by atoms with Gasteiger partial charge >= 0.3 is 6.18 Å². The van der Waals surface area contributed by atoms with Crippen molar-refractivity contribution in [1.29, 1.82) is 0 Å². The van der Waals surface area contributed by atoms with E-state index in [1.54, 1.807) is 20.3 Å². The maximum atomic E-state index is 12.9. The second-order valence-electron chi connectivity index (χ2n) is 6.34. The van der Waals surface area contributed by atoms with Gasteiger partial charge in [0, 0.05) is 50.2 Å². The molecule has 0 bridgehead atoms. The van der Waals surface area contributed by atoms with Crippen LogP contribution in [0.15, 0.2) is 36.5 Å². The smallest absolute Gasteiger partial charge is 0.433 e. The highest BCUT2D eigenvalue weighted by Crippen LogP contribution is 2.30. The topological polar surface area (TPSA) is 37.8 Å². The molecule has 1 saturated heterocycles. The molecule has 5 nitrogen and oxygen atoms in total. The Bertz CT molecular complexity index is 775. The van der Waals surface area contributed by atoms with Crippen molar-refractivity contribution < 1.29 is 22.6 Å². The molecule has 1 fully saturated rings. The van der Waals surface area contributed by atoms with Crippen LogP contribution in [0.25, 0.3) is 0 Å². The zero-order chi connectivity index (χ0) is 19.4. The van der Waals surface area contributed by atoms with Crippen LogP contribution < -0.4 is 14.4 Å². The summed E-state index contributed by atoms with van der Waals surface area (Å²) in [6, 6.07) is 8.41. The number of methoxy groups -OCH3 is 2. The van der Waals surface area contributed by atoms with E-state index in [0.29, 0.717) is 25.3 Å². The summed E-state index contributed by atoms with van der Waals surface area (Å²) in [4.78, 5) is 7.63. The first-order valence-electron chi connectivity index (χ1n) is 8.62. The van der Waals surface area contributed by atoms with Gasteiger partial charge in [0.1, 0.15) is 17.2 Å². The molecule has 0 saturated carbocycles. The first-order chi connectivity index (χ1) is 12.9. The number of benzene rings is 1. The van der Waals surface area contributed by atoms with Gasteiger partial charge in [-0.05, 0) is 30.3 Å². The Hall–Kier alpha value is -2.48. The maximum absolute atomic E-state index is 12.9. The fraction of sp³-hybridized carbons (Fsp3) is 0.421. The van der Waals surface area contributed by atoms with Gasteiger partial charge in [-0.2, -0.15) is 13.2 Å². The van der Waals surface area contributed by atoms with E-state index in [4.69, 9.17) is 9.47 Å². The molecule has 146 valence electrons. The van der Waals surface area contributed by atoms with Crippen molar-refractivity contribution in [3.8, 4) is 11.5 Å². The quantitative estimate of drug-likeness (QED) is 0.793. The van der Waals surface area contributed by atoms with Gasteiger partial charge in [-0.1, -0.05) is 0 Å². The standard InChI is InChI=1S/C19H22F3N3O2/c1-26-16-3-4-17(27-2)14(11-16)13-24-7-9-25(10-8-24)15-5-6-23-18(12-15)19(20,21)22/h3-6,11-12H,7-10,13H2,1-2H3. The Morgan fingerprint density at radius 2 is 1.74 bits per heavy atom. The fourth-order valence-corrected chi connectivity index (χ4v) is 3.18. The molecule has 0 amide bonds. The zero-order valence-corrected chi connectivity index (χ0v) is 15.3. The minimum Gasteiger partial charge on any atom is -0.497 e. The Labute approximate surface area is 156 Å². The molecule has 3 rings (SSSR count). The van der Waals surface area contributed by atoms with E-state index in [1.807, 2.05) is 23.1 Å². The lowest BCUT2D eigenvalue weighted by molar-refractivity contribution is -0.141. The van der Waals surface area contributed by atoms with Crippen molar-refractivity contribution >= 4 is 5.69 Å². The van der Waals surface area contributed by atoms with Gasteiger partial charge in [-0.25, -0.2) is 0 Å². The van der Waals surface area contributed by atoms with Crippen LogP contribution >= 0.6 is 0 Å². The fourth-order valence-electron chi connectivity index (χ4n) is 3.18. The van der Waals surface area contributed by atoms with Crippen molar-refractivity contribution in [2.75, 3.05) is 45.3 Å². The largest absolute Gasteiger partial charge is 0.497 e. The minimum atomic E-state index is -4.43. The predicted octanol–water partition coefficient (Wildman–Crippen LogP) is 3.44. The molecule has 8 heteroatoms. The lowest BCUT2D eigenvalue weighted by Crippen LogP contribution is -2.46. The van der Waals surface area contributed by atoms with E-state index >= 15 is 0 Å². The number of ether oxygens (including phenoxy) is 2. The number of aromatic nitrogens is 1. The summed E-state index contributed by atoms with van der Waals surface area (Å²) in [6.45, 7) is 3.47. The molecule has 0 unspecified atom stereocenters. The van der Waals surface area contributed by atoms with Gasteiger partial charge in [0.2, 0.25) is 0 Å². The van der Waals surface area contributed by atoms with E-state index in [0.717, 1.165) is 36.2 Å². The normalized spacial score (nSPS) is 15.7. The van der Waals surface area contributed by atoms with Crippen LogP contribution in [0, 0.1) is 0 Å². The van der Waals surface area contributed by atoms with Crippen molar-refractivity contribution in [1.82, 2.24) is 9.88 Å². The SMILES string of the molecule is COc1ccc(OC)c(CN2CCN(c3ccnc(C(F)(F)F)c3)CC2)c1. The second-order valence-corrected chi connectivity index (χ2v) is 6.34. The average Bonchev–Trinajstić information content (AvgIpc) is 2.68. The summed E-state index contributed by atoms with van der Waals surface area (Å²) >= 11 is 0. The van der Waals surface area contributed by atoms with Gasteiger partial charge in [-0.15, -0.1) is 0 Å². The second kappa shape index (κ2) is 8.04. The number of pyridine rings is 1. The lowest BCUT2D eigenvalue weighted by atomic mass is 10.1. The zero-order valence-electron chi connectivity index (χ0n) is 15.3. The third-order valence-corrected chi connectivity index (χ3v) is 4.65. The van der Waals surface area contributed by atoms with Gasteiger partial charge in [0.15, 0.2) is 0 Å². The number of alkyl halides is 3. The van der Waals surface area contributed by atoms with Crippen molar-refractivity contribution in [2.24, 2.45) is 0 Å². The number of rotatable bonds is 5. The summed E-state index contributed by atoms with van der Waals surface area (Å²) in [6.07, 6.45) is -3.22. The number of halogens is 3. The molecule has 1 aromatic carbocycles. The molecule has 27 heavy (non-hydrogen) atoms. The van der Waals surface area contributed by atoms with Crippen LogP contribution in [0.1, 0.15) is 11.3 Å². The van der Waals surface area contributed by atoms with Crippen LogP contribution in [0.5, 0.6) is 11.5 Å². The number of nitrogens with zero attached hydrogens (tertiary/aromatic N) is 3. The van der Waals surface area contributed by atoms with E-state index < -0.39 is 11.9 Å². The Morgan fingerprint density at radius 3 is 2.37 bits per heavy atom. The van der Waals surface area contributed by atoms with Crippen LogP contribution in [-0.4, -0.2) is 50.3 Å². The molecular formula is C19H22F3N3O2. The summed E-state index contributed by atoms with van der Waals surface area (Å²) in [5, 5.41) is 0. The number of hydrogen-bond acceptors (Lipinski definition) is 5. The van der Waals surface area contributed by atoms with Crippen LogP contribution in [0.2, 0.25) is 0 Å². The third kappa shape index (κ3) is 4.63. The Balaban J connectivity index is 1.65. The molecule has 0 atom stereocenters. The first kappa shape index (κ1) is 19.3. The van der Waals surface area contributed by atoms with Crippen molar-refractivity contribution in [2.45, 2.75) is 12.7 Å². The summed E-state index contributed by atoms with van der Waals surface area (Å²) < 4.78 is 49.3. The minimum absolute atomic E-state index is 0.552. The monoisotopic (exact) mass is 381 g/mol. The molecule has 1 aliphatic heterocycles. The summed E-state index contributed by atoms with van der Waals surface area (Å²) in [5.74, 6) is 1.56. The average molecular weight is 381 g/mol. The molecule has 0 aliphatic carbocycles.